The summed E-state index contributed by atoms with van der Waals surface area (Å²) in [6.45, 7) is 0. The Labute approximate surface area is 420 Å². The van der Waals surface area contributed by atoms with E-state index in [0.717, 1.165) is 55.8 Å². The first-order chi connectivity index (χ1) is 35.7. The van der Waals surface area contributed by atoms with Gasteiger partial charge in [-0.1, -0.05) is 267 Å². The van der Waals surface area contributed by atoms with Crippen LogP contribution in [0, 0.1) is 0 Å². The molecule has 2 aliphatic carbocycles. The molecule has 2 heteroatoms. The predicted octanol–water partition coefficient (Wildman–Crippen LogP) is 17.0. The van der Waals surface area contributed by atoms with E-state index in [1.807, 2.05) is 0 Å². The van der Waals surface area contributed by atoms with Crippen molar-refractivity contribution in [2.75, 3.05) is 0 Å². The normalized spacial score (nSPS) is 13.5. The van der Waals surface area contributed by atoms with Crippen molar-refractivity contribution in [3.8, 4) is 67.0 Å². The highest BCUT2D eigenvalue weighted by Gasteiger charge is 2.48. The third-order valence-electron chi connectivity index (χ3n) is 15.5. The fraction of sp³-hybridized carbons (Fsp3) is 0.0286. The lowest BCUT2D eigenvalue weighted by molar-refractivity contribution is 0.768. The van der Waals surface area contributed by atoms with Crippen LogP contribution in [0.3, 0.4) is 0 Å². The molecular formula is C70H46N2. The van der Waals surface area contributed by atoms with Gasteiger partial charge in [0.05, 0.1) is 33.3 Å². The maximum absolute atomic E-state index is 5.98. The van der Waals surface area contributed by atoms with E-state index in [1.54, 1.807) is 0 Å². The van der Waals surface area contributed by atoms with Crippen molar-refractivity contribution in [3.63, 3.8) is 0 Å². The van der Waals surface area contributed by atoms with Crippen LogP contribution in [0.2, 0.25) is 0 Å². The van der Waals surface area contributed by atoms with E-state index in [1.165, 1.54) is 66.8 Å². The molecule has 2 aliphatic rings. The van der Waals surface area contributed by atoms with Crippen LogP contribution < -0.4 is 0 Å². The van der Waals surface area contributed by atoms with Gasteiger partial charge >= 0.3 is 0 Å². The van der Waals surface area contributed by atoms with Gasteiger partial charge in [0.25, 0.3) is 0 Å². The standard InChI is InChI=1S/C70H46N2/c1-7-23-47(24-8-1)55-43-44-56(48-25-9-2-10-26-48)68-67(55)71-65(49-39-41-59-57-35-19-21-37-61(57)69(63(59)45-49,51-27-11-3-12-28-51)52-29-13-4-14-30-52)66(72-68)50-40-42-60-58-36-20-22-38-62(58)70(64(60)46-50,53-31-15-5-16-32-53)54-33-17-6-18-34-54/h1-46H. The van der Waals surface area contributed by atoms with E-state index in [9.17, 15) is 0 Å². The Morgan fingerprint density at radius 3 is 0.833 bits per heavy atom. The highest BCUT2D eigenvalue weighted by atomic mass is 14.8. The number of hydrogen-bond donors (Lipinski definition) is 0. The zero-order valence-electron chi connectivity index (χ0n) is 39.5. The van der Waals surface area contributed by atoms with E-state index in [0.29, 0.717) is 0 Å². The molecule has 1 heterocycles. The lowest BCUT2D eigenvalue weighted by Gasteiger charge is -2.34. The summed E-state index contributed by atoms with van der Waals surface area (Å²) in [5.74, 6) is 0. The molecule has 0 fully saturated rings. The van der Waals surface area contributed by atoms with Gasteiger partial charge in [0, 0.05) is 22.3 Å². The first-order valence-corrected chi connectivity index (χ1v) is 24.9. The molecule has 11 aromatic carbocycles. The van der Waals surface area contributed by atoms with Crippen molar-refractivity contribution in [2.24, 2.45) is 0 Å². The molecule has 2 nitrogen and oxygen atoms in total. The third kappa shape index (κ3) is 6.16. The summed E-state index contributed by atoms with van der Waals surface area (Å²) in [5, 5.41) is 0. The largest absolute Gasteiger partial charge is 0.243 e. The molecule has 0 N–H and O–H groups in total. The number of aromatic nitrogens is 2. The van der Waals surface area contributed by atoms with Crippen molar-refractivity contribution in [1.82, 2.24) is 9.97 Å². The number of fused-ring (bicyclic) bond motifs is 7. The van der Waals surface area contributed by atoms with Gasteiger partial charge in [-0.25, -0.2) is 9.97 Å². The quantitative estimate of drug-likeness (QED) is 0.152. The summed E-state index contributed by atoms with van der Waals surface area (Å²) >= 11 is 0. The average molecular weight is 915 g/mol. The van der Waals surface area contributed by atoms with Gasteiger partial charge in [-0.2, -0.15) is 0 Å². The Kier molecular flexibility index (Phi) is 9.69. The molecule has 0 unspecified atom stereocenters. The second-order valence-electron chi connectivity index (χ2n) is 19.1. The molecule has 0 atom stereocenters. The van der Waals surface area contributed by atoms with Gasteiger partial charge in [0.2, 0.25) is 0 Å². The zero-order valence-corrected chi connectivity index (χ0v) is 39.5. The van der Waals surface area contributed by atoms with Crippen LogP contribution in [-0.2, 0) is 10.8 Å². The van der Waals surface area contributed by atoms with Crippen LogP contribution in [0.1, 0.15) is 44.5 Å². The lowest BCUT2D eigenvalue weighted by Crippen LogP contribution is -2.28. The van der Waals surface area contributed by atoms with Crippen LogP contribution >= 0.6 is 0 Å². The van der Waals surface area contributed by atoms with E-state index in [-0.39, 0.29) is 0 Å². The molecule has 0 radical (unpaired) electrons. The van der Waals surface area contributed by atoms with Gasteiger partial charge in [-0.15, -0.1) is 0 Å². The monoisotopic (exact) mass is 914 g/mol. The maximum atomic E-state index is 5.98. The second-order valence-corrected chi connectivity index (χ2v) is 19.1. The fourth-order valence-electron chi connectivity index (χ4n) is 12.4. The minimum absolute atomic E-state index is 0.588. The van der Waals surface area contributed by atoms with Gasteiger partial charge in [-0.3, -0.25) is 0 Å². The summed E-state index contributed by atoms with van der Waals surface area (Å²) in [6, 6.07) is 102. The minimum Gasteiger partial charge on any atom is -0.243 e. The lowest BCUT2D eigenvalue weighted by atomic mass is 9.67. The SMILES string of the molecule is c1ccc(-c2ccc(-c3ccccc3)c3nc(-c4ccc5c(c4)C(c4ccccc4)(c4ccccc4)c4ccccc4-5)c(-c4ccc5c(c4)C(c4ccccc4)(c4ccccc4)c4ccccc4-5)nc23)cc1. The van der Waals surface area contributed by atoms with Crippen molar-refractivity contribution < 1.29 is 0 Å². The minimum atomic E-state index is -0.588. The Morgan fingerprint density at radius 2 is 0.486 bits per heavy atom. The van der Waals surface area contributed by atoms with E-state index >= 15 is 0 Å². The summed E-state index contributed by atoms with van der Waals surface area (Å²) in [7, 11) is 0. The molecule has 0 bridgehead atoms. The Balaban J connectivity index is 1.10. The topological polar surface area (TPSA) is 25.8 Å². The molecule has 0 saturated carbocycles. The average Bonchev–Trinajstić information content (AvgIpc) is 3.94. The molecule has 0 saturated heterocycles. The molecule has 12 aromatic rings. The first kappa shape index (κ1) is 41.7. The highest BCUT2D eigenvalue weighted by Crippen LogP contribution is 2.59. The van der Waals surface area contributed by atoms with E-state index in [4.69, 9.17) is 9.97 Å². The molecule has 0 amide bonds. The summed E-state index contributed by atoms with van der Waals surface area (Å²) in [6.07, 6.45) is 0. The van der Waals surface area contributed by atoms with Crippen LogP contribution in [0.25, 0.3) is 78.1 Å². The second kappa shape index (κ2) is 16.7. The molecule has 0 spiro atoms. The van der Waals surface area contributed by atoms with E-state index < -0.39 is 10.8 Å². The molecule has 0 aliphatic heterocycles. The Hall–Kier alpha value is -9.24. The van der Waals surface area contributed by atoms with Gasteiger partial charge < -0.3 is 0 Å². The van der Waals surface area contributed by atoms with Crippen molar-refractivity contribution >= 4 is 11.0 Å². The summed E-state index contributed by atoms with van der Waals surface area (Å²) < 4.78 is 0. The predicted molar refractivity (Wildman–Crippen MR) is 296 cm³/mol. The molecule has 72 heavy (non-hydrogen) atoms. The number of hydrogen-bond acceptors (Lipinski definition) is 2. The van der Waals surface area contributed by atoms with Crippen LogP contribution in [0.15, 0.2) is 279 Å². The molecule has 14 rings (SSSR count). The number of rotatable bonds is 8. The Bertz CT molecular complexity index is 3660. The molecule has 336 valence electrons. The van der Waals surface area contributed by atoms with Crippen LogP contribution in [0.5, 0.6) is 0 Å². The summed E-state index contributed by atoms with van der Waals surface area (Å²) in [4.78, 5) is 12.0. The third-order valence-corrected chi connectivity index (χ3v) is 15.5. The maximum Gasteiger partial charge on any atom is 0.0979 e. The van der Waals surface area contributed by atoms with Crippen molar-refractivity contribution in [2.45, 2.75) is 10.8 Å². The molecular weight excluding hydrogens is 869 g/mol. The number of benzene rings is 11. The van der Waals surface area contributed by atoms with Crippen LogP contribution in [0.4, 0.5) is 0 Å². The number of nitrogens with zero attached hydrogens (tertiary/aromatic N) is 2. The first-order valence-electron chi connectivity index (χ1n) is 24.9. The highest BCUT2D eigenvalue weighted by molar-refractivity contribution is 6.03. The smallest absolute Gasteiger partial charge is 0.0979 e. The Morgan fingerprint density at radius 1 is 0.208 bits per heavy atom. The van der Waals surface area contributed by atoms with Gasteiger partial charge in [0.15, 0.2) is 0 Å². The zero-order chi connectivity index (χ0) is 47.6. The molecule has 1 aromatic heterocycles. The van der Waals surface area contributed by atoms with Gasteiger partial charge in [0.1, 0.15) is 0 Å². The van der Waals surface area contributed by atoms with Gasteiger partial charge in [-0.05, 0) is 90.0 Å². The summed E-state index contributed by atoms with van der Waals surface area (Å²) in [5.41, 5.74) is 23.3. The van der Waals surface area contributed by atoms with E-state index in [2.05, 4.69) is 279 Å². The van der Waals surface area contributed by atoms with Crippen LogP contribution in [-0.4, -0.2) is 9.97 Å². The van der Waals surface area contributed by atoms with Crippen molar-refractivity contribution in [3.05, 3.63) is 324 Å². The fourth-order valence-corrected chi connectivity index (χ4v) is 12.4. The van der Waals surface area contributed by atoms with Crippen molar-refractivity contribution in [1.29, 1.82) is 0 Å².